The van der Waals surface area contributed by atoms with E-state index in [0.717, 1.165) is 49.3 Å². The van der Waals surface area contributed by atoms with Gasteiger partial charge in [-0.25, -0.2) is 0 Å². The van der Waals surface area contributed by atoms with Gasteiger partial charge in [-0.2, -0.15) is 0 Å². The fraction of sp³-hybridized carbons (Fsp3) is 0.957. The molecule has 4 bridgehead atoms. The lowest BCUT2D eigenvalue weighted by Gasteiger charge is -2.57. The summed E-state index contributed by atoms with van der Waals surface area (Å²) < 4.78 is 0. The van der Waals surface area contributed by atoms with E-state index in [4.69, 9.17) is 0 Å². The quantitative estimate of drug-likeness (QED) is 0.740. The Balaban J connectivity index is 1.05. The monoisotopic (exact) mass is 373 g/mol. The maximum absolute atomic E-state index is 12.5. The molecule has 152 valence electrons. The fourth-order valence-electron chi connectivity index (χ4n) is 7.60. The Kier molecular flexibility index (Phi) is 5.23. The van der Waals surface area contributed by atoms with Crippen molar-refractivity contribution in [3.05, 3.63) is 0 Å². The van der Waals surface area contributed by atoms with E-state index in [2.05, 4.69) is 14.7 Å². The van der Waals surface area contributed by atoms with Crippen LogP contribution in [0.5, 0.6) is 0 Å². The zero-order valence-electron chi connectivity index (χ0n) is 17.2. The van der Waals surface area contributed by atoms with Crippen molar-refractivity contribution in [2.24, 2.45) is 23.2 Å². The van der Waals surface area contributed by atoms with Gasteiger partial charge in [-0.1, -0.05) is 0 Å². The summed E-state index contributed by atoms with van der Waals surface area (Å²) in [6.45, 7) is 8.44. The molecule has 0 unspecified atom stereocenters. The number of carbonyl (C=O) groups is 1. The molecule has 6 aliphatic rings. The highest BCUT2D eigenvalue weighted by Gasteiger charge is 2.50. The molecule has 0 aromatic rings. The van der Waals surface area contributed by atoms with Crippen molar-refractivity contribution in [1.82, 2.24) is 14.7 Å². The molecule has 4 saturated carbocycles. The van der Waals surface area contributed by atoms with Crippen LogP contribution in [0.1, 0.15) is 64.2 Å². The first-order chi connectivity index (χ1) is 13.2. The van der Waals surface area contributed by atoms with Gasteiger partial charge < -0.3 is 9.80 Å². The first-order valence-electron chi connectivity index (χ1n) is 11.9. The van der Waals surface area contributed by atoms with Crippen molar-refractivity contribution in [1.29, 1.82) is 0 Å². The van der Waals surface area contributed by atoms with Gasteiger partial charge in [0.2, 0.25) is 5.91 Å². The molecule has 0 aromatic carbocycles. The van der Waals surface area contributed by atoms with Crippen LogP contribution in [-0.4, -0.2) is 73.0 Å². The molecule has 0 N–H and O–H groups in total. The molecule has 4 nitrogen and oxygen atoms in total. The first kappa shape index (κ1) is 18.4. The summed E-state index contributed by atoms with van der Waals surface area (Å²) in [4.78, 5) is 19.7. The van der Waals surface area contributed by atoms with E-state index >= 15 is 0 Å². The van der Waals surface area contributed by atoms with Crippen molar-refractivity contribution >= 4 is 5.91 Å². The molecule has 6 rings (SSSR count). The number of hydrogen-bond donors (Lipinski definition) is 0. The van der Waals surface area contributed by atoms with Crippen LogP contribution >= 0.6 is 0 Å². The summed E-state index contributed by atoms with van der Waals surface area (Å²) in [6.07, 6.45) is 14.5. The van der Waals surface area contributed by atoms with Gasteiger partial charge in [-0.3, -0.25) is 9.69 Å². The molecule has 2 saturated heterocycles. The van der Waals surface area contributed by atoms with Gasteiger partial charge >= 0.3 is 0 Å². The molecule has 27 heavy (non-hydrogen) atoms. The summed E-state index contributed by atoms with van der Waals surface area (Å²) in [5.74, 6) is 3.61. The second-order valence-corrected chi connectivity index (χ2v) is 10.7. The van der Waals surface area contributed by atoms with Gasteiger partial charge in [-0.15, -0.1) is 0 Å². The predicted octanol–water partition coefficient (Wildman–Crippen LogP) is 3.22. The largest absolute Gasteiger partial charge is 0.342 e. The van der Waals surface area contributed by atoms with E-state index in [1.165, 1.54) is 45.3 Å². The molecule has 0 spiro atoms. The van der Waals surface area contributed by atoms with E-state index in [1.54, 1.807) is 38.5 Å². The molecule has 2 heterocycles. The van der Waals surface area contributed by atoms with Crippen LogP contribution in [-0.2, 0) is 4.79 Å². The Morgan fingerprint density at radius 2 is 1.30 bits per heavy atom. The van der Waals surface area contributed by atoms with Crippen LogP contribution in [0.3, 0.4) is 0 Å². The van der Waals surface area contributed by atoms with E-state index in [0.29, 0.717) is 12.5 Å². The summed E-state index contributed by atoms with van der Waals surface area (Å²) in [6, 6.07) is 0. The highest BCUT2D eigenvalue weighted by molar-refractivity contribution is 5.78. The van der Waals surface area contributed by atoms with Crippen LogP contribution in [0.2, 0.25) is 0 Å². The van der Waals surface area contributed by atoms with E-state index < -0.39 is 0 Å². The highest BCUT2D eigenvalue weighted by Crippen LogP contribution is 2.61. The third-order valence-electron chi connectivity index (χ3n) is 8.66. The Bertz CT molecular complexity index is 498. The van der Waals surface area contributed by atoms with Crippen molar-refractivity contribution in [2.75, 3.05) is 52.4 Å². The zero-order chi connectivity index (χ0) is 18.3. The predicted molar refractivity (Wildman–Crippen MR) is 109 cm³/mol. The fourth-order valence-corrected chi connectivity index (χ4v) is 7.60. The lowest BCUT2D eigenvalue weighted by molar-refractivity contribution is -0.133. The second kappa shape index (κ2) is 7.67. The number of piperidine rings is 1. The van der Waals surface area contributed by atoms with Gasteiger partial charge in [0, 0.05) is 39.3 Å². The van der Waals surface area contributed by atoms with Crippen LogP contribution in [0.25, 0.3) is 0 Å². The van der Waals surface area contributed by atoms with Crippen molar-refractivity contribution < 1.29 is 4.79 Å². The van der Waals surface area contributed by atoms with Gasteiger partial charge in [0.05, 0.1) is 6.54 Å². The molecule has 1 amide bonds. The standard InChI is InChI=1S/C23H39N3O/c27-22(26-5-2-1-3-6-26)18-25-10-8-24(9-11-25)7-4-23-15-19-12-20(16-23)14-21(13-19)17-23/h19-21H,1-18H2. The Morgan fingerprint density at radius 1 is 0.741 bits per heavy atom. The maximum atomic E-state index is 12.5. The molecule has 4 heteroatoms. The summed E-state index contributed by atoms with van der Waals surface area (Å²) in [5.41, 5.74) is 0.718. The number of carbonyl (C=O) groups excluding carboxylic acids is 1. The highest BCUT2D eigenvalue weighted by atomic mass is 16.2. The lowest BCUT2D eigenvalue weighted by atomic mass is 9.49. The van der Waals surface area contributed by atoms with Crippen LogP contribution in [0, 0.1) is 23.2 Å². The normalized spacial score (nSPS) is 39.9. The van der Waals surface area contributed by atoms with Gasteiger partial charge in [-0.05, 0) is 93.9 Å². The number of piperazine rings is 1. The zero-order valence-corrected chi connectivity index (χ0v) is 17.2. The number of hydrogen-bond acceptors (Lipinski definition) is 3. The average Bonchev–Trinajstić information content (AvgIpc) is 2.67. The minimum absolute atomic E-state index is 0.372. The lowest BCUT2D eigenvalue weighted by Crippen LogP contribution is -2.52. The number of nitrogens with zero attached hydrogens (tertiary/aromatic N) is 3. The minimum Gasteiger partial charge on any atom is -0.342 e. The molecule has 0 radical (unpaired) electrons. The first-order valence-corrected chi connectivity index (χ1v) is 11.9. The molecule has 0 aromatic heterocycles. The van der Waals surface area contributed by atoms with Gasteiger partial charge in [0.25, 0.3) is 0 Å². The van der Waals surface area contributed by atoms with E-state index in [-0.39, 0.29) is 0 Å². The van der Waals surface area contributed by atoms with Crippen LogP contribution < -0.4 is 0 Å². The summed E-state index contributed by atoms with van der Waals surface area (Å²) in [5, 5.41) is 0. The minimum atomic E-state index is 0.372. The summed E-state index contributed by atoms with van der Waals surface area (Å²) in [7, 11) is 0. The second-order valence-electron chi connectivity index (χ2n) is 10.7. The van der Waals surface area contributed by atoms with Crippen molar-refractivity contribution in [2.45, 2.75) is 64.2 Å². The molecule has 4 aliphatic carbocycles. The van der Waals surface area contributed by atoms with Crippen molar-refractivity contribution in [3.8, 4) is 0 Å². The Hall–Kier alpha value is -0.610. The number of likely N-dealkylation sites (tertiary alicyclic amines) is 1. The molecule has 0 atom stereocenters. The molecular weight excluding hydrogens is 334 g/mol. The third-order valence-corrected chi connectivity index (χ3v) is 8.66. The average molecular weight is 374 g/mol. The molecule has 6 fully saturated rings. The molecule has 2 aliphatic heterocycles. The Labute approximate surface area is 165 Å². The third kappa shape index (κ3) is 4.07. The van der Waals surface area contributed by atoms with Gasteiger partial charge in [0.15, 0.2) is 0 Å². The van der Waals surface area contributed by atoms with Crippen LogP contribution in [0.4, 0.5) is 0 Å². The van der Waals surface area contributed by atoms with Crippen molar-refractivity contribution in [3.63, 3.8) is 0 Å². The SMILES string of the molecule is O=C(CN1CCN(CCC23CC4CC(CC(C4)C2)C3)CC1)N1CCCCC1. The Morgan fingerprint density at radius 3 is 1.89 bits per heavy atom. The molecular formula is C23H39N3O. The van der Waals surface area contributed by atoms with Gasteiger partial charge in [0.1, 0.15) is 0 Å². The number of amides is 1. The van der Waals surface area contributed by atoms with E-state index in [9.17, 15) is 4.79 Å². The summed E-state index contributed by atoms with van der Waals surface area (Å²) >= 11 is 0. The topological polar surface area (TPSA) is 26.8 Å². The van der Waals surface area contributed by atoms with Crippen LogP contribution in [0.15, 0.2) is 0 Å². The smallest absolute Gasteiger partial charge is 0.236 e. The maximum Gasteiger partial charge on any atom is 0.236 e. The van der Waals surface area contributed by atoms with E-state index in [1.807, 2.05) is 0 Å². The number of rotatable bonds is 5.